The number of para-hydroxylation sites is 1. The molecule has 0 fully saturated rings. The topological polar surface area (TPSA) is 98.1 Å². The SMILES string of the molecule is CCn1c(NNC(=O)c2cc3ccc(OC)cc3nc2C)nc2ccccc2c1=O. The second kappa shape index (κ2) is 7.82. The smallest absolute Gasteiger partial charge is 0.271 e. The fourth-order valence-electron chi connectivity index (χ4n) is 3.34. The maximum atomic E-state index is 12.8. The summed E-state index contributed by atoms with van der Waals surface area (Å²) in [5.41, 5.74) is 7.56. The second-order valence-corrected chi connectivity index (χ2v) is 6.76. The van der Waals surface area contributed by atoms with Crippen molar-refractivity contribution in [2.24, 2.45) is 0 Å². The molecule has 4 rings (SSSR count). The van der Waals surface area contributed by atoms with Crippen molar-refractivity contribution in [1.29, 1.82) is 0 Å². The molecule has 8 nitrogen and oxygen atoms in total. The Balaban J connectivity index is 1.64. The highest BCUT2D eigenvalue weighted by molar-refractivity contribution is 5.99. The van der Waals surface area contributed by atoms with Crippen LogP contribution in [0.15, 0.2) is 53.3 Å². The van der Waals surface area contributed by atoms with Gasteiger partial charge in [0.25, 0.3) is 11.5 Å². The molecule has 4 aromatic rings. The van der Waals surface area contributed by atoms with Gasteiger partial charge in [-0.15, -0.1) is 0 Å². The van der Waals surface area contributed by atoms with Gasteiger partial charge in [0, 0.05) is 18.0 Å². The molecule has 2 aromatic carbocycles. The molecule has 0 saturated carbocycles. The second-order valence-electron chi connectivity index (χ2n) is 6.76. The van der Waals surface area contributed by atoms with E-state index in [2.05, 4.69) is 20.8 Å². The van der Waals surface area contributed by atoms with Crippen molar-refractivity contribution in [2.45, 2.75) is 20.4 Å². The third kappa shape index (κ3) is 3.43. The van der Waals surface area contributed by atoms with Crippen LogP contribution in [0.4, 0.5) is 5.95 Å². The van der Waals surface area contributed by atoms with Crippen molar-refractivity contribution in [1.82, 2.24) is 20.0 Å². The third-order valence-electron chi connectivity index (χ3n) is 4.93. The van der Waals surface area contributed by atoms with E-state index in [0.29, 0.717) is 34.5 Å². The molecule has 2 N–H and O–H groups in total. The molecule has 0 radical (unpaired) electrons. The van der Waals surface area contributed by atoms with Crippen LogP contribution in [0.5, 0.6) is 5.75 Å². The summed E-state index contributed by atoms with van der Waals surface area (Å²) in [7, 11) is 1.60. The minimum Gasteiger partial charge on any atom is -0.497 e. The van der Waals surface area contributed by atoms with E-state index in [1.807, 2.05) is 31.2 Å². The summed E-state index contributed by atoms with van der Waals surface area (Å²) in [5.74, 6) is 0.599. The van der Waals surface area contributed by atoms with Crippen LogP contribution in [0, 0.1) is 6.92 Å². The lowest BCUT2D eigenvalue weighted by Gasteiger charge is -2.15. The Bertz CT molecular complexity index is 1330. The Hall–Kier alpha value is -3.94. The van der Waals surface area contributed by atoms with E-state index >= 15 is 0 Å². The van der Waals surface area contributed by atoms with E-state index in [9.17, 15) is 9.59 Å². The fourth-order valence-corrected chi connectivity index (χ4v) is 3.34. The van der Waals surface area contributed by atoms with E-state index in [1.165, 1.54) is 4.57 Å². The number of fused-ring (bicyclic) bond motifs is 2. The van der Waals surface area contributed by atoms with Gasteiger partial charge in [-0.1, -0.05) is 12.1 Å². The number of rotatable bonds is 5. The summed E-state index contributed by atoms with van der Waals surface area (Å²) >= 11 is 0. The number of carbonyl (C=O) groups excluding carboxylic acids is 1. The Labute approximate surface area is 172 Å². The van der Waals surface area contributed by atoms with E-state index < -0.39 is 0 Å². The zero-order chi connectivity index (χ0) is 21.3. The number of nitrogens with one attached hydrogen (secondary N) is 2. The van der Waals surface area contributed by atoms with Gasteiger partial charge in [0.2, 0.25) is 5.95 Å². The predicted molar refractivity (Wildman–Crippen MR) is 116 cm³/mol. The van der Waals surface area contributed by atoms with Gasteiger partial charge < -0.3 is 4.74 Å². The van der Waals surface area contributed by atoms with Crippen molar-refractivity contribution in [3.05, 3.63) is 70.1 Å². The Kier molecular flexibility index (Phi) is 5.05. The number of aromatic nitrogens is 3. The molecule has 0 saturated heterocycles. The number of benzene rings is 2. The Morgan fingerprint density at radius 1 is 1.10 bits per heavy atom. The van der Waals surface area contributed by atoms with Crippen LogP contribution in [0.2, 0.25) is 0 Å². The molecule has 1 amide bonds. The van der Waals surface area contributed by atoms with Crippen LogP contribution in [-0.2, 0) is 6.54 Å². The van der Waals surface area contributed by atoms with E-state index in [-0.39, 0.29) is 17.4 Å². The first-order valence-corrected chi connectivity index (χ1v) is 9.53. The molecule has 0 spiro atoms. The molecular formula is C22H21N5O3. The first-order valence-electron chi connectivity index (χ1n) is 9.53. The fraction of sp³-hybridized carbons (Fsp3) is 0.182. The molecule has 2 aromatic heterocycles. The molecule has 0 bridgehead atoms. The molecule has 0 atom stereocenters. The highest BCUT2D eigenvalue weighted by Crippen LogP contribution is 2.21. The quantitative estimate of drug-likeness (QED) is 0.497. The molecule has 152 valence electrons. The highest BCUT2D eigenvalue weighted by atomic mass is 16.5. The van der Waals surface area contributed by atoms with Gasteiger partial charge in [0.05, 0.1) is 34.8 Å². The van der Waals surface area contributed by atoms with Crippen LogP contribution in [0.3, 0.4) is 0 Å². The average Bonchev–Trinajstić information content (AvgIpc) is 2.76. The van der Waals surface area contributed by atoms with E-state index in [4.69, 9.17) is 4.74 Å². The molecular weight excluding hydrogens is 382 g/mol. The summed E-state index contributed by atoms with van der Waals surface area (Å²) in [6.07, 6.45) is 0. The van der Waals surface area contributed by atoms with Gasteiger partial charge >= 0.3 is 0 Å². The summed E-state index contributed by atoms with van der Waals surface area (Å²) in [6, 6.07) is 14.4. The molecule has 30 heavy (non-hydrogen) atoms. The number of hydrogen-bond donors (Lipinski definition) is 2. The minimum absolute atomic E-state index is 0.169. The molecule has 2 heterocycles. The average molecular weight is 403 g/mol. The number of hydrogen-bond acceptors (Lipinski definition) is 6. The predicted octanol–water partition coefficient (Wildman–Crippen LogP) is 3.04. The van der Waals surface area contributed by atoms with Gasteiger partial charge in [0.15, 0.2) is 0 Å². The van der Waals surface area contributed by atoms with Crippen LogP contribution in [-0.4, -0.2) is 27.6 Å². The van der Waals surface area contributed by atoms with Gasteiger partial charge in [-0.25, -0.2) is 4.98 Å². The van der Waals surface area contributed by atoms with Crippen LogP contribution in [0.25, 0.3) is 21.8 Å². The summed E-state index contributed by atoms with van der Waals surface area (Å²) in [6.45, 7) is 4.02. The van der Waals surface area contributed by atoms with Gasteiger partial charge in [-0.3, -0.25) is 30.0 Å². The van der Waals surface area contributed by atoms with E-state index in [1.54, 1.807) is 38.3 Å². The first kappa shape index (κ1) is 19.4. The number of pyridine rings is 1. The number of aryl methyl sites for hydroxylation is 1. The van der Waals surface area contributed by atoms with Crippen LogP contribution < -0.4 is 21.1 Å². The monoisotopic (exact) mass is 403 g/mol. The Morgan fingerprint density at radius 3 is 2.67 bits per heavy atom. The molecule has 8 heteroatoms. The lowest BCUT2D eigenvalue weighted by atomic mass is 10.1. The van der Waals surface area contributed by atoms with E-state index in [0.717, 1.165) is 10.9 Å². The maximum Gasteiger partial charge on any atom is 0.271 e. The van der Waals surface area contributed by atoms with Crippen LogP contribution >= 0.6 is 0 Å². The maximum absolute atomic E-state index is 12.8. The summed E-state index contributed by atoms with van der Waals surface area (Å²) < 4.78 is 6.70. The van der Waals surface area contributed by atoms with Crippen molar-refractivity contribution in [2.75, 3.05) is 12.5 Å². The largest absolute Gasteiger partial charge is 0.497 e. The molecule has 0 aliphatic rings. The summed E-state index contributed by atoms with van der Waals surface area (Å²) in [4.78, 5) is 34.5. The van der Waals surface area contributed by atoms with Gasteiger partial charge in [0.1, 0.15) is 5.75 Å². The van der Waals surface area contributed by atoms with Gasteiger partial charge in [-0.05, 0) is 44.2 Å². The lowest BCUT2D eigenvalue weighted by molar-refractivity contribution is 0.0961. The number of carbonyl (C=O) groups is 1. The van der Waals surface area contributed by atoms with Crippen LogP contribution in [0.1, 0.15) is 23.0 Å². The van der Waals surface area contributed by atoms with Gasteiger partial charge in [-0.2, -0.15) is 0 Å². The minimum atomic E-state index is -0.372. The Morgan fingerprint density at radius 2 is 1.90 bits per heavy atom. The summed E-state index contributed by atoms with van der Waals surface area (Å²) in [5, 5.41) is 1.35. The van der Waals surface area contributed by atoms with Crippen molar-refractivity contribution in [3.8, 4) is 5.75 Å². The highest BCUT2D eigenvalue weighted by Gasteiger charge is 2.14. The third-order valence-corrected chi connectivity index (χ3v) is 4.93. The standard InChI is InChI=1S/C22H21N5O3/c1-4-27-21(29)16-7-5-6-8-18(16)24-22(27)26-25-20(28)17-11-14-9-10-15(30-3)12-19(14)23-13(17)2/h5-12H,4H2,1-3H3,(H,24,26)(H,25,28). The number of amides is 1. The number of methoxy groups -OCH3 is 1. The molecule has 0 aliphatic heterocycles. The number of ether oxygens (including phenoxy) is 1. The number of hydrazine groups is 1. The number of anilines is 1. The van der Waals surface area contributed by atoms with Crippen molar-refractivity contribution >= 4 is 33.7 Å². The molecule has 0 unspecified atom stereocenters. The number of nitrogens with zero attached hydrogens (tertiary/aromatic N) is 3. The van der Waals surface area contributed by atoms with Crippen molar-refractivity contribution in [3.63, 3.8) is 0 Å². The van der Waals surface area contributed by atoms with Crippen molar-refractivity contribution < 1.29 is 9.53 Å². The normalized spacial score (nSPS) is 10.9. The zero-order valence-electron chi connectivity index (χ0n) is 16.9. The molecule has 0 aliphatic carbocycles. The lowest BCUT2D eigenvalue weighted by Crippen LogP contribution is -2.34. The first-order chi connectivity index (χ1) is 14.5. The zero-order valence-corrected chi connectivity index (χ0v) is 16.9.